The highest BCUT2D eigenvalue weighted by molar-refractivity contribution is 7.92. The number of esters is 1. The van der Waals surface area contributed by atoms with Gasteiger partial charge in [-0.1, -0.05) is 39.0 Å². The number of carbonyl (C=O) groups excluding carboxylic acids is 2. The zero-order chi connectivity index (χ0) is 21.2. The highest BCUT2D eigenvalue weighted by atomic mass is 32.2. The molecule has 0 amide bonds. The van der Waals surface area contributed by atoms with E-state index in [2.05, 4.69) is 0 Å². The fourth-order valence-electron chi connectivity index (χ4n) is 3.07. The number of ether oxygens (including phenoxy) is 1. The molecule has 0 aliphatic carbocycles. The van der Waals surface area contributed by atoms with Crippen LogP contribution in [0.15, 0.2) is 53.4 Å². The second kappa shape index (κ2) is 7.99. The fraction of sp³-hybridized carbons (Fsp3) is 0.364. The second-order valence-electron chi connectivity index (χ2n) is 8.08. The Kier molecular flexibility index (Phi) is 5.80. The lowest BCUT2D eigenvalue weighted by Crippen LogP contribution is -2.35. The predicted molar refractivity (Wildman–Crippen MR) is 110 cm³/mol. The fourth-order valence-corrected chi connectivity index (χ4v) is 4.61. The maximum atomic E-state index is 13.1. The van der Waals surface area contributed by atoms with Gasteiger partial charge in [0.2, 0.25) is 0 Å². The third-order valence-corrected chi connectivity index (χ3v) is 6.74. The van der Waals surface area contributed by atoms with Crippen molar-refractivity contribution in [2.24, 2.45) is 5.41 Å². The molecule has 0 saturated heterocycles. The minimum atomic E-state index is -3.74. The summed E-state index contributed by atoms with van der Waals surface area (Å²) in [4.78, 5) is 24.2. The lowest BCUT2D eigenvalue weighted by molar-refractivity contribution is -0.129. The number of hydrogen-bond acceptors (Lipinski definition) is 5. The highest BCUT2D eigenvalue weighted by Crippen LogP contribution is 2.31. The van der Waals surface area contributed by atoms with E-state index in [4.69, 9.17) is 4.74 Å². The number of ketones is 1. The molecule has 154 valence electrons. The van der Waals surface area contributed by atoms with Gasteiger partial charge in [-0.3, -0.25) is 9.10 Å². The second-order valence-corrected chi connectivity index (χ2v) is 9.95. The summed E-state index contributed by atoms with van der Waals surface area (Å²) in [5, 5.41) is 0. The Hall–Kier alpha value is -2.67. The van der Waals surface area contributed by atoms with Crippen molar-refractivity contribution in [3.05, 3.63) is 59.7 Å². The highest BCUT2D eigenvalue weighted by Gasteiger charge is 2.29. The molecule has 0 spiro atoms. The van der Waals surface area contributed by atoms with Crippen molar-refractivity contribution >= 4 is 27.5 Å². The molecule has 0 atom stereocenters. The van der Waals surface area contributed by atoms with Crippen LogP contribution in [0.4, 0.5) is 5.69 Å². The van der Waals surface area contributed by atoms with Gasteiger partial charge in [0, 0.05) is 12.0 Å². The van der Waals surface area contributed by atoms with E-state index in [1.807, 2.05) is 24.3 Å². The van der Waals surface area contributed by atoms with E-state index in [0.717, 1.165) is 18.4 Å². The van der Waals surface area contributed by atoms with Crippen molar-refractivity contribution in [2.45, 2.75) is 38.5 Å². The Balaban J connectivity index is 1.76. The molecule has 3 rings (SSSR count). The Bertz CT molecular complexity index is 1020. The van der Waals surface area contributed by atoms with E-state index in [9.17, 15) is 18.0 Å². The molecule has 0 radical (unpaired) electrons. The summed E-state index contributed by atoms with van der Waals surface area (Å²) >= 11 is 0. The monoisotopic (exact) mass is 415 g/mol. The lowest BCUT2D eigenvalue weighted by atomic mass is 9.91. The Morgan fingerprint density at radius 2 is 1.69 bits per heavy atom. The average molecular weight is 416 g/mol. The average Bonchev–Trinajstić information content (AvgIpc) is 2.70. The molecule has 1 heterocycles. The van der Waals surface area contributed by atoms with Crippen molar-refractivity contribution < 1.29 is 22.7 Å². The normalized spacial score (nSPS) is 14.2. The number of para-hydroxylation sites is 1. The van der Waals surface area contributed by atoms with Gasteiger partial charge in [-0.2, -0.15) is 0 Å². The summed E-state index contributed by atoms with van der Waals surface area (Å²) in [7, 11) is -3.74. The zero-order valence-electron chi connectivity index (χ0n) is 16.8. The van der Waals surface area contributed by atoms with Crippen LogP contribution in [0.5, 0.6) is 0 Å². The van der Waals surface area contributed by atoms with Crippen LogP contribution in [-0.2, 0) is 26.0 Å². The van der Waals surface area contributed by atoms with E-state index in [0.29, 0.717) is 12.2 Å². The summed E-state index contributed by atoms with van der Waals surface area (Å²) in [5.74, 6) is -0.844. The minimum absolute atomic E-state index is 0.108. The number of nitrogens with zero attached hydrogens (tertiary/aromatic N) is 1. The lowest BCUT2D eigenvalue weighted by Gasteiger charge is -2.30. The molecule has 7 heteroatoms. The van der Waals surface area contributed by atoms with Gasteiger partial charge in [0.15, 0.2) is 12.4 Å². The zero-order valence-corrected chi connectivity index (χ0v) is 17.7. The topological polar surface area (TPSA) is 80.8 Å². The maximum Gasteiger partial charge on any atom is 0.338 e. The quantitative estimate of drug-likeness (QED) is 0.697. The van der Waals surface area contributed by atoms with Crippen LogP contribution in [0.3, 0.4) is 0 Å². The van der Waals surface area contributed by atoms with Crippen molar-refractivity contribution in [1.29, 1.82) is 0 Å². The van der Waals surface area contributed by atoms with Gasteiger partial charge in [0.1, 0.15) is 0 Å². The first kappa shape index (κ1) is 21.0. The summed E-state index contributed by atoms with van der Waals surface area (Å²) in [6, 6.07) is 13.1. The van der Waals surface area contributed by atoms with Crippen molar-refractivity contribution in [3.8, 4) is 0 Å². The minimum Gasteiger partial charge on any atom is -0.454 e. The van der Waals surface area contributed by atoms with Crippen LogP contribution < -0.4 is 4.31 Å². The molecule has 0 aromatic heterocycles. The summed E-state index contributed by atoms with van der Waals surface area (Å²) in [6.07, 6.45) is 1.60. The van der Waals surface area contributed by atoms with Crippen LogP contribution in [0.1, 0.15) is 43.1 Å². The van der Waals surface area contributed by atoms with Crippen LogP contribution in [0, 0.1) is 5.41 Å². The molecule has 2 aromatic carbocycles. The first-order valence-electron chi connectivity index (χ1n) is 9.52. The van der Waals surface area contributed by atoms with Gasteiger partial charge >= 0.3 is 5.97 Å². The Morgan fingerprint density at radius 3 is 2.34 bits per heavy atom. The molecule has 6 nitrogen and oxygen atoms in total. The van der Waals surface area contributed by atoms with Gasteiger partial charge in [-0.15, -0.1) is 0 Å². The van der Waals surface area contributed by atoms with E-state index < -0.39 is 21.4 Å². The van der Waals surface area contributed by atoms with E-state index >= 15 is 0 Å². The third kappa shape index (κ3) is 4.50. The summed E-state index contributed by atoms with van der Waals surface area (Å²) in [5.41, 5.74) is 1.31. The van der Waals surface area contributed by atoms with Crippen LogP contribution in [0.2, 0.25) is 0 Å². The third-order valence-electron chi connectivity index (χ3n) is 4.92. The maximum absolute atomic E-state index is 13.1. The summed E-state index contributed by atoms with van der Waals surface area (Å²) in [6.45, 7) is 5.36. The first-order valence-corrected chi connectivity index (χ1v) is 11.0. The molecule has 2 aromatic rings. The Morgan fingerprint density at radius 1 is 1.03 bits per heavy atom. The smallest absolute Gasteiger partial charge is 0.338 e. The van der Waals surface area contributed by atoms with E-state index in [1.54, 1.807) is 20.8 Å². The van der Waals surface area contributed by atoms with Crippen molar-refractivity contribution in [1.82, 2.24) is 0 Å². The van der Waals surface area contributed by atoms with Gasteiger partial charge in [-0.05, 0) is 48.7 Å². The van der Waals surface area contributed by atoms with Crippen LogP contribution in [-0.4, -0.2) is 33.3 Å². The molecular formula is C22H25NO5S. The first-order chi connectivity index (χ1) is 13.6. The number of rotatable bonds is 5. The molecule has 0 unspecified atom stereocenters. The van der Waals surface area contributed by atoms with Gasteiger partial charge in [0.25, 0.3) is 10.0 Å². The number of Topliss-reactive ketones (excluding diaryl/α,β-unsaturated/α-hetero) is 1. The number of anilines is 1. The predicted octanol–water partition coefficient (Wildman–Crippen LogP) is 3.60. The number of aryl methyl sites for hydroxylation is 1. The number of benzene rings is 2. The number of sulfonamides is 1. The molecule has 0 bridgehead atoms. The molecule has 0 fully saturated rings. The standard InChI is InChI=1S/C22H25NO5S/c1-22(2,3)20(24)15-28-21(25)17-10-12-18(13-11-17)29(26,27)23-14-6-8-16-7-4-5-9-19(16)23/h4-5,7,9-13H,6,8,14-15H2,1-3H3. The number of hydrogen-bond donors (Lipinski definition) is 0. The summed E-state index contributed by atoms with van der Waals surface area (Å²) < 4.78 is 32.7. The van der Waals surface area contributed by atoms with E-state index in [1.165, 1.54) is 28.6 Å². The van der Waals surface area contributed by atoms with Crippen molar-refractivity contribution in [2.75, 3.05) is 17.5 Å². The molecular weight excluding hydrogens is 390 g/mol. The molecule has 1 aliphatic heterocycles. The van der Waals surface area contributed by atoms with Crippen molar-refractivity contribution in [3.63, 3.8) is 0 Å². The van der Waals surface area contributed by atoms with Gasteiger partial charge < -0.3 is 4.74 Å². The number of fused-ring (bicyclic) bond motifs is 1. The van der Waals surface area contributed by atoms with Gasteiger partial charge in [-0.25, -0.2) is 13.2 Å². The largest absolute Gasteiger partial charge is 0.454 e. The Labute approximate surface area is 171 Å². The molecule has 29 heavy (non-hydrogen) atoms. The van der Waals surface area contributed by atoms with Crippen LogP contribution in [0.25, 0.3) is 0 Å². The van der Waals surface area contributed by atoms with E-state index in [-0.39, 0.29) is 22.8 Å². The molecule has 0 saturated carbocycles. The number of carbonyl (C=O) groups is 2. The molecule has 0 N–H and O–H groups in total. The SMILES string of the molecule is CC(C)(C)C(=O)COC(=O)c1ccc(S(=O)(=O)N2CCCc3ccccc32)cc1. The molecule has 1 aliphatic rings. The van der Waals surface area contributed by atoms with Gasteiger partial charge in [0.05, 0.1) is 16.1 Å². The van der Waals surface area contributed by atoms with Crippen LogP contribution >= 0.6 is 0 Å².